The fourth-order valence-corrected chi connectivity index (χ4v) is 2.10. The summed E-state index contributed by atoms with van der Waals surface area (Å²) in [5.41, 5.74) is 1.80. The predicted molar refractivity (Wildman–Crippen MR) is 71.0 cm³/mol. The minimum Gasteiger partial charge on any atom is -0.481 e. The minimum absolute atomic E-state index is 0.0632. The summed E-state index contributed by atoms with van der Waals surface area (Å²) in [4.78, 5) is 35.5. The molecular weight excluding hydrogens is 260 g/mol. The van der Waals surface area contributed by atoms with Crippen molar-refractivity contribution in [3.05, 3.63) is 35.4 Å². The summed E-state index contributed by atoms with van der Waals surface area (Å²) >= 11 is 0. The van der Waals surface area contributed by atoms with Gasteiger partial charge in [0.25, 0.3) is 5.91 Å². The molecule has 1 aliphatic heterocycles. The van der Waals surface area contributed by atoms with Gasteiger partial charge in [-0.15, -0.1) is 0 Å². The fourth-order valence-electron chi connectivity index (χ4n) is 2.10. The Morgan fingerprint density at radius 2 is 1.95 bits per heavy atom. The lowest BCUT2D eigenvalue weighted by atomic mass is 10.1. The maximum absolute atomic E-state index is 12.2. The second kappa shape index (κ2) is 5.73. The quantitative estimate of drug-likeness (QED) is 0.797. The molecule has 0 spiro atoms. The molecule has 1 unspecified atom stereocenters. The molecule has 20 heavy (non-hydrogen) atoms. The molecule has 0 bridgehead atoms. The lowest BCUT2D eigenvalue weighted by Gasteiger charge is -2.12. The number of imide groups is 1. The van der Waals surface area contributed by atoms with Crippen LogP contribution in [0.5, 0.6) is 0 Å². The summed E-state index contributed by atoms with van der Waals surface area (Å²) in [5, 5.41) is 11.2. The molecule has 6 nitrogen and oxygen atoms in total. The average Bonchev–Trinajstić information content (AvgIpc) is 2.67. The van der Waals surface area contributed by atoms with Gasteiger partial charge < -0.3 is 10.4 Å². The summed E-state index contributed by atoms with van der Waals surface area (Å²) in [6, 6.07) is 6.22. The zero-order valence-electron chi connectivity index (χ0n) is 11.1. The first-order chi connectivity index (χ1) is 9.49. The Labute approximate surface area is 116 Å². The number of carboxylic acid groups (broad SMARTS) is 1. The molecule has 1 saturated heterocycles. The maximum atomic E-state index is 12.2. The van der Waals surface area contributed by atoms with Crippen LogP contribution in [0.15, 0.2) is 24.3 Å². The molecule has 0 radical (unpaired) electrons. The van der Waals surface area contributed by atoms with Gasteiger partial charge in [0.2, 0.25) is 0 Å². The summed E-state index contributed by atoms with van der Waals surface area (Å²) in [6.07, 6.45) is 0.196. The first-order valence-corrected chi connectivity index (χ1v) is 6.39. The predicted octanol–water partition coefficient (Wildman–Crippen LogP) is 1.45. The third-order valence-electron chi connectivity index (χ3n) is 3.21. The van der Waals surface area contributed by atoms with E-state index in [-0.39, 0.29) is 25.3 Å². The number of aryl methyl sites for hydroxylation is 1. The van der Waals surface area contributed by atoms with E-state index in [1.807, 2.05) is 19.1 Å². The van der Waals surface area contributed by atoms with Gasteiger partial charge in [-0.05, 0) is 18.9 Å². The van der Waals surface area contributed by atoms with Gasteiger partial charge >= 0.3 is 12.0 Å². The molecule has 1 aromatic carbocycles. The Morgan fingerprint density at radius 1 is 1.30 bits per heavy atom. The van der Waals surface area contributed by atoms with Crippen molar-refractivity contribution in [2.24, 2.45) is 0 Å². The largest absolute Gasteiger partial charge is 0.481 e. The lowest BCUT2D eigenvalue weighted by molar-refractivity contribution is -0.137. The number of nitrogens with one attached hydrogen (secondary N) is 1. The van der Waals surface area contributed by atoms with Crippen LogP contribution in [0, 0.1) is 6.92 Å². The zero-order valence-corrected chi connectivity index (χ0v) is 11.1. The number of carboxylic acids is 1. The van der Waals surface area contributed by atoms with Gasteiger partial charge in [-0.25, -0.2) is 4.79 Å². The van der Waals surface area contributed by atoms with E-state index in [4.69, 9.17) is 5.11 Å². The number of hydrogen-bond donors (Lipinski definition) is 2. The number of hydrogen-bond acceptors (Lipinski definition) is 3. The van der Waals surface area contributed by atoms with E-state index in [1.165, 1.54) is 0 Å². The van der Waals surface area contributed by atoms with Crippen LogP contribution in [0.3, 0.4) is 0 Å². The Balaban J connectivity index is 2.04. The van der Waals surface area contributed by atoms with Gasteiger partial charge in [0, 0.05) is 13.0 Å². The molecule has 6 heteroatoms. The number of carbonyl (C=O) groups excluding carboxylic acids is 2. The monoisotopic (exact) mass is 276 g/mol. The van der Waals surface area contributed by atoms with Gasteiger partial charge in [0.05, 0.1) is 0 Å². The average molecular weight is 276 g/mol. The van der Waals surface area contributed by atoms with Crippen molar-refractivity contribution in [3.63, 3.8) is 0 Å². The highest BCUT2D eigenvalue weighted by Gasteiger charge is 2.38. The molecule has 0 aliphatic carbocycles. The third-order valence-corrected chi connectivity index (χ3v) is 3.21. The van der Waals surface area contributed by atoms with Crippen molar-refractivity contribution in [3.8, 4) is 0 Å². The first-order valence-electron chi connectivity index (χ1n) is 6.39. The van der Waals surface area contributed by atoms with Crippen LogP contribution < -0.4 is 5.32 Å². The van der Waals surface area contributed by atoms with Crippen molar-refractivity contribution in [1.29, 1.82) is 0 Å². The van der Waals surface area contributed by atoms with Crippen LogP contribution in [0.2, 0.25) is 0 Å². The molecule has 1 atom stereocenters. The number of carbonyl (C=O) groups is 3. The number of urea groups is 1. The van der Waals surface area contributed by atoms with Crippen LogP contribution in [0.25, 0.3) is 0 Å². The van der Waals surface area contributed by atoms with Crippen LogP contribution in [-0.4, -0.2) is 34.5 Å². The summed E-state index contributed by atoms with van der Waals surface area (Å²) in [7, 11) is 0. The highest BCUT2D eigenvalue weighted by molar-refractivity contribution is 6.04. The number of amides is 3. The van der Waals surface area contributed by atoms with Crippen molar-refractivity contribution in [1.82, 2.24) is 10.2 Å². The van der Waals surface area contributed by atoms with Crippen LogP contribution in [0.1, 0.15) is 30.0 Å². The molecule has 1 aliphatic rings. The van der Waals surface area contributed by atoms with Crippen LogP contribution in [0.4, 0.5) is 4.79 Å². The molecule has 106 valence electrons. The first kappa shape index (κ1) is 14.0. The Bertz CT molecular complexity index is 539. The molecular formula is C14H16N2O4. The van der Waals surface area contributed by atoms with Gasteiger partial charge in [0.15, 0.2) is 0 Å². The van der Waals surface area contributed by atoms with Crippen LogP contribution in [-0.2, 0) is 9.59 Å². The number of benzene rings is 1. The number of aliphatic carboxylic acids is 1. The van der Waals surface area contributed by atoms with Gasteiger partial charge in [-0.2, -0.15) is 0 Å². The van der Waals surface area contributed by atoms with Crippen molar-refractivity contribution in [2.45, 2.75) is 25.8 Å². The molecule has 1 fully saturated rings. The van der Waals surface area contributed by atoms with E-state index in [9.17, 15) is 14.4 Å². The fraction of sp³-hybridized carbons (Fsp3) is 0.357. The second-order valence-electron chi connectivity index (χ2n) is 4.78. The third kappa shape index (κ3) is 2.96. The Kier molecular flexibility index (Phi) is 4.02. The van der Waals surface area contributed by atoms with E-state index in [1.54, 1.807) is 12.1 Å². The summed E-state index contributed by atoms with van der Waals surface area (Å²) < 4.78 is 0. The van der Waals surface area contributed by atoms with Crippen molar-refractivity contribution in [2.75, 3.05) is 6.54 Å². The molecule has 2 rings (SSSR count). The lowest BCUT2D eigenvalue weighted by Crippen LogP contribution is -2.32. The Morgan fingerprint density at radius 3 is 2.55 bits per heavy atom. The summed E-state index contributed by atoms with van der Waals surface area (Å²) in [6.45, 7) is 2.07. The maximum Gasteiger partial charge on any atom is 0.325 e. The standard InChI is InChI=1S/C14H16N2O4/c1-9-4-6-10(7-5-9)12-13(19)16(14(20)15-12)8-2-3-11(17)18/h4-7,12H,2-3,8H2,1H3,(H,15,20)(H,17,18). The second-order valence-corrected chi connectivity index (χ2v) is 4.78. The van der Waals surface area contributed by atoms with E-state index >= 15 is 0 Å². The molecule has 1 aromatic rings. The SMILES string of the molecule is Cc1ccc(C2NC(=O)N(CCCC(=O)O)C2=O)cc1. The highest BCUT2D eigenvalue weighted by atomic mass is 16.4. The Hall–Kier alpha value is -2.37. The van der Waals surface area contributed by atoms with E-state index in [0.717, 1.165) is 16.0 Å². The van der Waals surface area contributed by atoms with Gasteiger partial charge in [-0.1, -0.05) is 29.8 Å². The molecule has 0 aromatic heterocycles. The zero-order chi connectivity index (χ0) is 14.7. The molecule has 3 amide bonds. The van der Waals surface area contributed by atoms with Gasteiger partial charge in [0.1, 0.15) is 6.04 Å². The molecule has 1 heterocycles. The van der Waals surface area contributed by atoms with E-state index in [0.29, 0.717) is 0 Å². The highest BCUT2D eigenvalue weighted by Crippen LogP contribution is 2.22. The van der Waals surface area contributed by atoms with E-state index in [2.05, 4.69) is 5.32 Å². The van der Waals surface area contributed by atoms with Crippen molar-refractivity contribution >= 4 is 17.9 Å². The normalized spacial score (nSPS) is 18.2. The smallest absolute Gasteiger partial charge is 0.325 e. The molecule has 0 saturated carbocycles. The summed E-state index contributed by atoms with van der Waals surface area (Å²) in [5.74, 6) is -1.27. The number of nitrogens with zero attached hydrogens (tertiary/aromatic N) is 1. The van der Waals surface area contributed by atoms with E-state index < -0.39 is 18.0 Å². The number of rotatable bonds is 5. The topological polar surface area (TPSA) is 86.7 Å². The van der Waals surface area contributed by atoms with Crippen LogP contribution >= 0.6 is 0 Å². The van der Waals surface area contributed by atoms with Gasteiger partial charge in [-0.3, -0.25) is 14.5 Å². The minimum atomic E-state index is -0.938. The van der Waals surface area contributed by atoms with Crippen molar-refractivity contribution < 1.29 is 19.5 Å². The molecule has 2 N–H and O–H groups in total.